The maximum absolute atomic E-state index is 12.6. The molecule has 25 heavy (non-hydrogen) atoms. The molecule has 0 N–H and O–H groups in total. The van der Waals surface area contributed by atoms with Crippen LogP contribution in [-0.2, 0) is 17.8 Å². The van der Waals surface area contributed by atoms with Crippen LogP contribution in [0, 0.1) is 12.8 Å². The monoisotopic (exact) mass is 343 g/mol. The number of methoxy groups -OCH3 is 1. The fourth-order valence-corrected chi connectivity index (χ4v) is 3.19. The van der Waals surface area contributed by atoms with Crippen LogP contribution in [0.25, 0.3) is 0 Å². The number of hydrogen-bond acceptors (Lipinski definition) is 6. The van der Waals surface area contributed by atoms with Crippen molar-refractivity contribution in [1.82, 2.24) is 25.1 Å². The van der Waals surface area contributed by atoms with Gasteiger partial charge in [-0.2, -0.15) is 0 Å². The minimum absolute atomic E-state index is 0.114. The molecule has 0 saturated carbocycles. The van der Waals surface area contributed by atoms with E-state index in [4.69, 9.17) is 4.74 Å². The van der Waals surface area contributed by atoms with Crippen LogP contribution < -0.4 is 0 Å². The van der Waals surface area contributed by atoms with Crippen molar-refractivity contribution in [2.45, 2.75) is 32.9 Å². The molecule has 0 aliphatic carbocycles. The van der Waals surface area contributed by atoms with Gasteiger partial charge in [0.25, 0.3) is 0 Å². The number of aryl methyl sites for hydroxylation is 1. The zero-order chi connectivity index (χ0) is 17.6. The van der Waals surface area contributed by atoms with Crippen LogP contribution in [0.4, 0.5) is 0 Å². The molecule has 134 valence electrons. The highest BCUT2D eigenvalue weighted by Crippen LogP contribution is 2.22. The standard InChI is InChI=1S/C18H25N5O2/c1-14-3-5-15(6-4-14)18(24)16-7-9-22(10-8-16)13-17-19-20-21-23(17)11-12-25-2/h3-6,16H,7-13H2,1-2H3. The summed E-state index contributed by atoms with van der Waals surface area (Å²) in [5.41, 5.74) is 2.00. The zero-order valence-corrected chi connectivity index (χ0v) is 14.9. The number of rotatable bonds is 7. The molecular weight excluding hydrogens is 318 g/mol. The van der Waals surface area contributed by atoms with E-state index in [1.165, 1.54) is 5.56 Å². The highest BCUT2D eigenvalue weighted by atomic mass is 16.5. The summed E-state index contributed by atoms with van der Waals surface area (Å²) in [6, 6.07) is 7.88. The Balaban J connectivity index is 1.53. The van der Waals surface area contributed by atoms with Crippen LogP contribution in [0.5, 0.6) is 0 Å². The second-order valence-corrected chi connectivity index (χ2v) is 6.59. The topological polar surface area (TPSA) is 73.1 Å². The number of hydrogen-bond donors (Lipinski definition) is 0. The van der Waals surface area contributed by atoms with Crippen LogP contribution in [0.15, 0.2) is 24.3 Å². The van der Waals surface area contributed by atoms with Crippen molar-refractivity contribution in [2.24, 2.45) is 5.92 Å². The van der Waals surface area contributed by atoms with Gasteiger partial charge in [0.15, 0.2) is 11.6 Å². The Hall–Kier alpha value is -2.12. The molecule has 0 bridgehead atoms. The van der Waals surface area contributed by atoms with Gasteiger partial charge in [0.2, 0.25) is 0 Å². The van der Waals surface area contributed by atoms with Crippen LogP contribution in [0.3, 0.4) is 0 Å². The molecule has 1 aliphatic heterocycles. The fraction of sp³-hybridized carbons (Fsp3) is 0.556. The van der Waals surface area contributed by atoms with E-state index in [2.05, 4.69) is 20.4 Å². The molecule has 2 heterocycles. The maximum Gasteiger partial charge on any atom is 0.166 e. The van der Waals surface area contributed by atoms with E-state index in [-0.39, 0.29) is 11.7 Å². The normalized spacial score (nSPS) is 16.2. The molecule has 2 aromatic rings. The summed E-state index contributed by atoms with van der Waals surface area (Å²) < 4.78 is 6.87. The van der Waals surface area contributed by atoms with E-state index >= 15 is 0 Å². The molecule has 3 rings (SSSR count). The molecule has 1 fully saturated rings. The van der Waals surface area contributed by atoms with E-state index in [1.807, 2.05) is 31.2 Å². The lowest BCUT2D eigenvalue weighted by molar-refractivity contribution is 0.0830. The fourth-order valence-electron chi connectivity index (χ4n) is 3.19. The second-order valence-electron chi connectivity index (χ2n) is 6.59. The van der Waals surface area contributed by atoms with E-state index in [0.717, 1.165) is 37.3 Å². The van der Waals surface area contributed by atoms with Crippen LogP contribution in [-0.4, -0.2) is 57.7 Å². The lowest BCUT2D eigenvalue weighted by atomic mass is 9.88. The summed E-state index contributed by atoms with van der Waals surface area (Å²) in [6.07, 6.45) is 1.76. The molecule has 7 heteroatoms. The Morgan fingerprint density at radius 1 is 1.24 bits per heavy atom. The molecule has 0 spiro atoms. The average Bonchev–Trinajstić information content (AvgIpc) is 3.07. The average molecular weight is 343 g/mol. The van der Waals surface area contributed by atoms with Gasteiger partial charge in [-0.1, -0.05) is 29.8 Å². The minimum Gasteiger partial charge on any atom is -0.383 e. The first-order valence-corrected chi connectivity index (χ1v) is 8.74. The largest absolute Gasteiger partial charge is 0.383 e. The number of tetrazole rings is 1. The quantitative estimate of drug-likeness (QED) is 0.713. The summed E-state index contributed by atoms with van der Waals surface area (Å²) >= 11 is 0. The van der Waals surface area contributed by atoms with Crippen molar-refractivity contribution in [3.05, 3.63) is 41.2 Å². The second kappa shape index (κ2) is 8.31. The molecule has 0 amide bonds. The molecule has 0 unspecified atom stereocenters. The highest BCUT2D eigenvalue weighted by molar-refractivity contribution is 5.97. The Morgan fingerprint density at radius 3 is 2.64 bits per heavy atom. The molecule has 1 aliphatic rings. The van der Waals surface area contributed by atoms with Crippen molar-refractivity contribution >= 4 is 5.78 Å². The lowest BCUT2D eigenvalue weighted by Gasteiger charge is -2.30. The van der Waals surface area contributed by atoms with Crippen LogP contribution >= 0.6 is 0 Å². The van der Waals surface area contributed by atoms with E-state index in [1.54, 1.807) is 11.8 Å². The number of benzene rings is 1. The number of piperidine rings is 1. The molecule has 1 aromatic carbocycles. The molecule has 1 saturated heterocycles. The third-order valence-corrected chi connectivity index (χ3v) is 4.77. The molecule has 0 atom stereocenters. The third-order valence-electron chi connectivity index (χ3n) is 4.77. The third kappa shape index (κ3) is 4.49. The van der Waals surface area contributed by atoms with Crippen molar-refractivity contribution in [1.29, 1.82) is 0 Å². The zero-order valence-electron chi connectivity index (χ0n) is 14.9. The van der Waals surface area contributed by atoms with Gasteiger partial charge in [-0.05, 0) is 43.3 Å². The number of likely N-dealkylation sites (tertiary alicyclic amines) is 1. The van der Waals surface area contributed by atoms with Crippen molar-refractivity contribution in [3.63, 3.8) is 0 Å². The van der Waals surface area contributed by atoms with Gasteiger partial charge in [-0.3, -0.25) is 9.69 Å². The number of Topliss-reactive ketones (excluding diaryl/α,β-unsaturated/α-hetero) is 1. The van der Waals surface area contributed by atoms with Crippen LogP contribution in [0.1, 0.15) is 34.6 Å². The number of nitrogens with zero attached hydrogens (tertiary/aromatic N) is 5. The highest BCUT2D eigenvalue weighted by Gasteiger charge is 2.26. The summed E-state index contributed by atoms with van der Waals surface area (Å²) in [7, 11) is 1.67. The summed E-state index contributed by atoms with van der Waals surface area (Å²) in [5.74, 6) is 1.23. The van der Waals surface area contributed by atoms with Gasteiger partial charge < -0.3 is 4.74 Å². The number of ether oxygens (including phenoxy) is 1. The molecule has 7 nitrogen and oxygen atoms in total. The Labute approximate surface area is 148 Å². The van der Waals surface area contributed by atoms with Gasteiger partial charge in [0.1, 0.15) is 0 Å². The van der Waals surface area contributed by atoms with Crippen molar-refractivity contribution in [2.75, 3.05) is 26.8 Å². The summed E-state index contributed by atoms with van der Waals surface area (Å²) in [6.45, 7) is 5.76. The molecule has 1 aromatic heterocycles. The SMILES string of the molecule is COCCn1nnnc1CN1CCC(C(=O)c2ccc(C)cc2)CC1. The molecular formula is C18H25N5O2. The number of aromatic nitrogens is 4. The Kier molecular flexibility index (Phi) is 5.88. The van der Waals surface area contributed by atoms with Crippen molar-refractivity contribution < 1.29 is 9.53 Å². The van der Waals surface area contributed by atoms with E-state index in [9.17, 15) is 4.79 Å². The summed E-state index contributed by atoms with van der Waals surface area (Å²) in [4.78, 5) is 15.0. The number of carbonyl (C=O) groups is 1. The predicted octanol–water partition coefficient (Wildman–Crippen LogP) is 1.72. The summed E-state index contributed by atoms with van der Waals surface area (Å²) in [5, 5.41) is 11.9. The minimum atomic E-state index is 0.114. The first-order chi connectivity index (χ1) is 12.2. The van der Waals surface area contributed by atoms with Gasteiger partial charge in [0.05, 0.1) is 19.7 Å². The number of ketones is 1. The molecule has 0 radical (unpaired) electrons. The first kappa shape index (κ1) is 17.7. The predicted molar refractivity (Wildman–Crippen MR) is 93.2 cm³/mol. The maximum atomic E-state index is 12.6. The smallest absolute Gasteiger partial charge is 0.166 e. The van der Waals surface area contributed by atoms with Crippen LogP contribution in [0.2, 0.25) is 0 Å². The van der Waals surface area contributed by atoms with E-state index < -0.39 is 0 Å². The number of carbonyl (C=O) groups excluding carboxylic acids is 1. The van der Waals surface area contributed by atoms with Gasteiger partial charge >= 0.3 is 0 Å². The first-order valence-electron chi connectivity index (χ1n) is 8.74. The van der Waals surface area contributed by atoms with Gasteiger partial charge in [-0.15, -0.1) is 5.10 Å². The van der Waals surface area contributed by atoms with E-state index in [0.29, 0.717) is 19.7 Å². The van der Waals surface area contributed by atoms with Gasteiger partial charge in [-0.25, -0.2) is 4.68 Å². The van der Waals surface area contributed by atoms with Gasteiger partial charge in [0, 0.05) is 18.6 Å². The Bertz CT molecular complexity index is 690. The van der Waals surface area contributed by atoms with Crippen molar-refractivity contribution in [3.8, 4) is 0 Å². The Morgan fingerprint density at radius 2 is 1.96 bits per heavy atom. The lowest BCUT2D eigenvalue weighted by Crippen LogP contribution is -2.36.